The van der Waals surface area contributed by atoms with Gasteiger partial charge in [0.25, 0.3) is 0 Å². The second-order valence-electron chi connectivity index (χ2n) is 6.47. The Morgan fingerprint density at radius 2 is 1.62 bits per heavy atom. The van der Waals surface area contributed by atoms with Crippen LogP contribution in [0, 0.1) is 5.92 Å². The zero-order valence-electron chi connectivity index (χ0n) is 11.8. The topological polar surface area (TPSA) is 29.5 Å². The summed E-state index contributed by atoms with van der Waals surface area (Å²) in [6, 6.07) is 0. The number of ether oxygens (including phenoxy) is 1. The summed E-state index contributed by atoms with van der Waals surface area (Å²) in [6.45, 7) is 12.6. The van der Waals surface area contributed by atoms with Crippen molar-refractivity contribution in [2.75, 3.05) is 0 Å². The smallest absolute Gasteiger partial charge is 0.0960 e. The lowest BCUT2D eigenvalue weighted by Crippen LogP contribution is -2.47. The molecule has 0 spiro atoms. The van der Waals surface area contributed by atoms with Crippen LogP contribution in [0.2, 0.25) is 0 Å². The predicted octanol–water partition coefficient (Wildman–Crippen LogP) is 3.52. The van der Waals surface area contributed by atoms with Crippen molar-refractivity contribution in [3.63, 3.8) is 0 Å². The second kappa shape index (κ2) is 4.30. The standard InChI is InChI=1S/C14H28O2/c1-7-11(8-2)9-14(15)10-12(3,4)16-13(14,5)6/h11,15H,7-10H2,1-6H3. The molecule has 0 aromatic rings. The van der Waals surface area contributed by atoms with Crippen molar-refractivity contribution in [3.05, 3.63) is 0 Å². The second-order valence-corrected chi connectivity index (χ2v) is 6.47. The SMILES string of the molecule is CCC(CC)CC1(O)CC(C)(C)OC1(C)C. The fourth-order valence-corrected chi connectivity index (χ4v) is 3.11. The minimum absolute atomic E-state index is 0.204. The van der Waals surface area contributed by atoms with E-state index in [9.17, 15) is 5.11 Å². The van der Waals surface area contributed by atoms with Gasteiger partial charge in [0.15, 0.2) is 0 Å². The van der Waals surface area contributed by atoms with Gasteiger partial charge in [-0.15, -0.1) is 0 Å². The zero-order valence-corrected chi connectivity index (χ0v) is 11.8. The van der Waals surface area contributed by atoms with Crippen LogP contribution in [0.1, 0.15) is 67.2 Å². The van der Waals surface area contributed by atoms with Crippen LogP contribution in [0.15, 0.2) is 0 Å². The van der Waals surface area contributed by atoms with Gasteiger partial charge in [0, 0.05) is 6.42 Å². The first-order chi connectivity index (χ1) is 7.16. The quantitative estimate of drug-likeness (QED) is 0.797. The molecule has 0 aromatic carbocycles. The van der Waals surface area contributed by atoms with Gasteiger partial charge in [-0.1, -0.05) is 26.7 Å². The van der Waals surface area contributed by atoms with E-state index in [1.165, 1.54) is 0 Å². The molecule has 0 amide bonds. The molecular formula is C14H28O2. The molecule has 1 rings (SSSR count). The fourth-order valence-electron chi connectivity index (χ4n) is 3.11. The van der Waals surface area contributed by atoms with Crippen molar-refractivity contribution < 1.29 is 9.84 Å². The molecule has 1 saturated heterocycles. The molecule has 1 atom stereocenters. The molecule has 0 saturated carbocycles. The van der Waals surface area contributed by atoms with Crippen molar-refractivity contribution in [1.82, 2.24) is 0 Å². The van der Waals surface area contributed by atoms with E-state index in [0.717, 1.165) is 25.7 Å². The number of aliphatic hydroxyl groups is 1. The average molecular weight is 228 g/mol. The van der Waals surface area contributed by atoms with Gasteiger partial charge in [-0.25, -0.2) is 0 Å². The van der Waals surface area contributed by atoms with Crippen LogP contribution in [0.3, 0.4) is 0 Å². The Bertz CT molecular complexity index is 241. The Kier molecular flexibility index (Phi) is 3.76. The van der Waals surface area contributed by atoms with E-state index in [-0.39, 0.29) is 5.60 Å². The molecule has 1 aliphatic heterocycles. The summed E-state index contributed by atoms with van der Waals surface area (Å²) >= 11 is 0. The molecule has 2 heteroatoms. The summed E-state index contributed by atoms with van der Waals surface area (Å²) in [5.74, 6) is 0.599. The van der Waals surface area contributed by atoms with Gasteiger partial charge in [-0.2, -0.15) is 0 Å². The van der Waals surface area contributed by atoms with E-state index >= 15 is 0 Å². The first-order valence-corrected chi connectivity index (χ1v) is 6.58. The summed E-state index contributed by atoms with van der Waals surface area (Å²) in [6.07, 6.45) is 3.87. The Morgan fingerprint density at radius 1 is 1.12 bits per heavy atom. The molecule has 1 heterocycles. The first kappa shape index (κ1) is 14.0. The number of rotatable bonds is 4. The van der Waals surface area contributed by atoms with Crippen LogP contribution < -0.4 is 0 Å². The molecule has 0 aromatic heterocycles. The highest BCUT2D eigenvalue weighted by Crippen LogP contribution is 2.48. The van der Waals surface area contributed by atoms with Gasteiger partial charge < -0.3 is 9.84 Å². The average Bonchev–Trinajstić information content (AvgIpc) is 2.26. The third-order valence-corrected chi connectivity index (χ3v) is 4.15. The van der Waals surface area contributed by atoms with Gasteiger partial charge in [0.2, 0.25) is 0 Å². The highest BCUT2D eigenvalue weighted by atomic mass is 16.5. The third-order valence-electron chi connectivity index (χ3n) is 4.15. The molecule has 1 unspecified atom stereocenters. The summed E-state index contributed by atoms with van der Waals surface area (Å²) in [5.41, 5.74) is -1.31. The highest BCUT2D eigenvalue weighted by Gasteiger charge is 2.56. The zero-order chi connectivity index (χ0) is 12.6. The van der Waals surface area contributed by atoms with Crippen molar-refractivity contribution >= 4 is 0 Å². The molecule has 2 nitrogen and oxygen atoms in total. The Hall–Kier alpha value is -0.0800. The van der Waals surface area contributed by atoms with Crippen molar-refractivity contribution in [1.29, 1.82) is 0 Å². The summed E-state index contributed by atoms with van der Waals surface area (Å²) in [5, 5.41) is 10.9. The molecular weight excluding hydrogens is 200 g/mol. The summed E-state index contributed by atoms with van der Waals surface area (Å²) in [7, 11) is 0. The monoisotopic (exact) mass is 228 g/mol. The number of hydrogen-bond acceptors (Lipinski definition) is 2. The van der Waals surface area contributed by atoms with Crippen LogP contribution in [0.25, 0.3) is 0 Å². The van der Waals surface area contributed by atoms with E-state index in [1.807, 2.05) is 13.8 Å². The van der Waals surface area contributed by atoms with E-state index in [2.05, 4.69) is 27.7 Å². The van der Waals surface area contributed by atoms with Crippen molar-refractivity contribution in [3.8, 4) is 0 Å². The van der Waals surface area contributed by atoms with E-state index in [4.69, 9.17) is 4.74 Å². The highest BCUT2D eigenvalue weighted by molar-refractivity contribution is 5.06. The largest absolute Gasteiger partial charge is 0.387 e. The lowest BCUT2D eigenvalue weighted by molar-refractivity contribution is -0.133. The maximum absolute atomic E-state index is 10.9. The van der Waals surface area contributed by atoms with Crippen molar-refractivity contribution in [2.45, 2.75) is 84.0 Å². The number of hydrogen-bond donors (Lipinski definition) is 1. The Morgan fingerprint density at radius 3 is 1.94 bits per heavy atom. The lowest BCUT2D eigenvalue weighted by atomic mass is 9.75. The fraction of sp³-hybridized carbons (Fsp3) is 1.00. The first-order valence-electron chi connectivity index (χ1n) is 6.58. The maximum Gasteiger partial charge on any atom is 0.0960 e. The molecule has 0 aliphatic carbocycles. The predicted molar refractivity (Wildman–Crippen MR) is 67.5 cm³/mol. The van der Waals surface area contributed by atoms with Crippen molar-refractivity contribution in [2.24, 2.45) is 5.92 Å². The Labute approximate surface area is 100 Å². The maximum atomic E-state index is 10.9. The van der Waals surface area contributed by atoms with Gasteiger partial charge in [-0.05, 0) is 40.0 Å². The minimum atomic E-state index is -0.673. The van der Waals surface area contributed by atoms with E-state index in [0.29, 0.717) is 5.92 Å². The van der Waals surface area contributed by atoms with Crippen LogP contribution in [-0.4, -0.2) is 21.9 Å². The Balaban J connectivity index is 2.83. The normalized spacial score (nSPS) is 32.2. The van der Waals surface area contributed by atoms with Gasteiger partial charge in [-0.3, -0.25) is 0 Å². The van der Waals surface area contributed by atoms with Crippen LogP contribution in [-0.2, 0) is 4.74 Å². The van der Waals surface area contributed by atoms with Gasteiger partial charge in [0.1, 0.15) is 0 Å². The van der Waals surface area contributed by atoms with E-state index in [1.54, 1.807) is 0 Å². The van der Waals surface area contributed by atoms with Gasteiger partial charge in [0.05, 0.1) is 16.8 Å². The van der Waals surface area contributed by atoms with Crippen LogP contribution in [0.4, 0.5) is 0 Å². The molecule has 1 N–H and O–H groups in total. The lowest BCUT2D eigenvalue weighted by Gasteiger charge is -2.37. The molecule has 96 valence electrons. The van der Waals surface area contributed by atoms with Crippen LogP contribution >= 0.6 is 0 Å². The van der Waals surface area contributed by atoms with Crippen LogP contribution in [0.5, 0.6) is 0 Å². The summed E-state index contributed by atoms with van der Waals surface area (Å²) < 4.78 is 5.99. The molecule has 16 heavy (non-hydrogen) atoms. The molecule has 0 radical (unpaired) electrons. The molecule has 1 fully saturated rings. The molecule has 1 aliphatic rings. The summed E-state index contributed by atoms with van der Waals surface area (Å²) in [4.78, 5) is 0. The van der Waals surface area contributed by atoms with Gasteiger partial charge >= 0.3 is 0 Å². The molecule has 0 bridgehead atoms. The van der Waals surface area contributed by atoms with E-state index < -0.39 is 11.2 Å². The third kappa shape index (κ3) is 2.60. The minimum Gasteiger partial charge on any atom is -0.387 e.